The van der Waals surface area contributed by atoms with Gasteiger partial charge in [-0.05, 0) is 12.8 Å². The van der Waals surface area contributed by atoms with Crippen molar-refractivity contribution in [2.75, 3.05) is 20.3 Å². The maximum Gasteiger partial charge on any atom is 0.170 e. The van der Waals surface area contributed by atoms with Crippen LogP contribution in [0.25, 0.3) is 0 Å². The first-order valence-corrected chi connectivity index (χ1v) is 7.61. The quantitative estimate of drug-likeness (QED) is 0.911. The molecule has 1 aliphatic carbocycles. The Labute approximate surface area is 124 Å². The Hall–Kier alpha value is -1.49. The zero-order chi connectivity index (χ0) is 14.9. The average molecular weight is 295 g/mol. The number of methoxy groups -OCH3 is 1. The highest BCUT2D eigenvalue weighted by Gasteiger charge is 2.38. The van der Waals surface area contributed by atoms with Gasteiger partial charge in [0.2, 0.25) is 0 Å². The molecule has 1 aromatic rings. The van der Waals surface area contributed by atoms with Crippen LogP contribution in [0.2, 0.25) is 0 Å². The van der Waals surface area contributed by atoms with Gasteiger partial charge in [0.05, 0.1) is 25.9 Å². The topological polar surface area (TPSA) is 53.7 Å². The van der Waals surface area contributed by atoms with Gasteiger partial charge in [0.1, 0.15) is 0 Å². The molecule has 4 nitrogen and oxygen atoms in total. The molecule has 0 bridgehead atoms. The summed E-state index contributed by atoms with van der Waals surface area (Å²) >= 11 is 0. The molecule has 1 fully saturated rings. The van der Waals surface area contributed by atoms with Gasteiger partial charge in [-0.2, -0.15) is 0 Å². The Kier molecular flexibility index (Phi) is 3.93. The minimum Gasteiger partial charge on any atom is -0.493 e. The summed E-state index contributed by atoms with van der Waals surface area (Å²) in [6.07, 6.45) is 5.62. The summed E-state index contributed by atoms with van der Waals surface area (Å²) in [6, 6.07) is 1.34. The lowest BCUT2D eigenvalue weighted by atomic mass is 9.76. The molecule has 0 atom stereocenters. The number of ether oxygens (including phenoxy) is 3. The van der Waals surface area contributed by atoms with E-state index in [2.05, 4.69) is 0 Å². The zero-order valence-corrected chi connectivity index (χ0v) is 12.4. The fourth-order valence-electron chi connectivity index (χ4n) is 3.34. The lowest BCUT2D eigenvalue weighted by Crippen LogP contribution is -2.39. The second kappa shape index (κ2) is 5.72. The average Bonchev–Trinajstić information content (AvgIpc) is 2.71. The van der Waals surface area contributed by atoms with Crippen LogP contribution in [0.3, 0.4) is 0 Å². The maximum absolute atomic E-state index is 14.4. The second-order valence-electron chi connectivity index (χ2n) is 5.86. The molecular weight excluding hydrogens is 273 g/mol. The van der Waals surface area contributed by atoms with Crippen LogP contribution >= 0.6 is 0 Å². The molecule has 116 valence electrons. The van der Waals surface area contributed by atoms with Crippen LogP contribution in [-0.2, 0) is 5.54 Å². The predicted molar refractivity (Wildman–Crippen MR) is 77.5 cm³/mol. The molecule has 3 rings (SSSR count). The number of nitrogens with two attached hydrogens (primary N) is 1. The van der Waals surface area contributed by atoms with Crippen LogP contribution in [-0.4, -0.2) is 20.3 Å². The van der Waals surface area contributed by atoms with E-state index in [1.807, 2.05) is 0 Å². The van der Waals surface area contributed by atoms with Crippen molar-refractivity contribution in [2.24, 2.45) is 5.73 Å². The highest BCUT2D eigenvalue weighted by atomic mass is 19.1. The Balaban J connectivity index is 2.17. The van der Waals surface area contributed by atoms with Gasteiger partial charge in [0.15, 0.2) is 23.1 Å². The molecule has 1 aliphatic heterocycles. The van der Waals surface area contributed by atoms with Gasteiger partial charge in [0, 0.05) is 18.0 Å². The van der Waals surface area contributed by atoms with E-state index in [4.69, 9.17) is 19.9 Å². The molecule has 0 unspecified atom stereocenters. The highest BCUT2D eigenvalue weighted by molar-refractivity contribution is 5.58. The number of hydrogen-bond donors (Lipinski definition) is 1. The van der Waals surface area contributed by atoms with E-state index < -0.39 is 11.4 Å². The third-order valence-corrected chi connectivity index (χ3v) is 4.39. The largest absolute Gasteiger partial charge is 0.493 e. The minimum atomic E-state index is -0.608. The van der Waals surface area contributed by atoms with E-state index in [-0.39, 0.29) is 5.75 Å². The van der Waals surface area contributed by atoms with E-state index in [9.17, 15) is 4.39 Å². The monoisotopic (exact) mass is 295 g/mol. The van der Waals surface area contributed by atoms with Gasteiger partial charge in [-0.3, -0.25) is 0 Å². The Morgan fingerprint density at radius 3 is 2.57 bits per heavy atom. The van der Waals surface area contributed by atoms with Crippen LogP contribution in [0.15, 0.2) is 6.07 Å². The number of halogens is 1. The lowest BCUT2D eigenvalue weighted by Gasteiger charge is -2.36. The van der Waals surface area contributed by atoms with Crippen molar-refractivity contribution in [1.29, 1.82) is 0 Å². The molecule has 1 aromatic carbocycles. The third-order valence-electron chi connectivity index (χ3n) is 4.39. The SMILES string of the molecule is COc1c(F)cc2c(c1C1(N)CCCCC1)OCCCO2. The summed E-state index contributed by atoms with van der Waals surface area (Å²) in [4.78, 5) is 0. The standard InChI is InChI=1S/C16H22FNO3/c1-19-14-11(17)10-12-15(21-9-5-8-20-12)13(14)16(18)6-3-2-4-7-16/h10H,2-9,18H2,1H3. The summed E-state index contributed by atoms with van der Waals surface area (Å²) in [6.45, 7) is 1.07. The number of hydrogen-bond acceptors (Lipinski definition) is 4. The van der Waals surface area contributed by atoms with Gasteiger partial charge in [-0.1, -0.05) is 19.3 Å². The van der Waals surface area contributed by atoms with Gasteiger partial charge < -0.3 is 19.9 Å². The number of benzene rings is 1. The van der Waals surface area contributed by atoms with Gasteiger partial charge in [0.25, 0.3) is 0 Å². The predicted octanol–water partition coefficient (Wildman–Crippen LogP) is 3.11. The highest BCUT2D eigenvalue weighted by Crippen LogP contribution is 2.49. The normalized spacial score (nSPS) is 20.7. The van der Waals surface area contributed by atoms with Crippen molar-refractivity contribution < 1.29 is 18.6 Å². The molecule has 5 heteroatoms. The molecule has 1 heterocycles. The zero-order valence-electron chi connectivity index (χ0n) is 12.4. The molecular formula is C16H22FNO3. The van der Waals surface area contributed by atoms with Crippen LogP contribution < -0.4 is 19.9 Å². The van der Waals surface area contributed by atoms with Crippen molar-refractivity contribution in [1.82, 2.24) is 0 Å². The van der Waals surface area contributed by atoms with Crippen molar-refractivity contribution in [2.45, 2.75) is 44.1 Å². The van der Waals surface area contributed by atoms with E-state index >= 15 is 0 Å². The Bertz CT molecular complexity index is 527. The van der Waals surface area contributed by atoms with Crippen molar-refractivity contribution in [3.05, 3.63) is 17.4 Å². The van der Waals surface area contributed by atoms with Crippen molar-refractivity contribution in [3.63, 3.8) is 0 Å². The molecule has 0 spiro atoms. The van der Waals surface area contributed by atoms with Crippen LogP contribution in [0, 0.1) is 5.82 Å². The molecule has 2 aliphatic rings. The molecule has 0 aromatic heterocycles. The molecule has 2 N–H and O–H groups in total. The molecule has 1 saturated carbocycles. The maximum atomic E-state index is 14.4. The van der Waals surface area contributed by atoms with E-state index in [1.54, 1.807) is 0 Å². The molecule has 0 radical (unpaired) electrons. The fraction of sp³-hybridized carbons (Fsp3) is 0.625. The summed E-state index contributed by atoms with van der Waals surface area (Å²) in [7, 11) is 1.47. The summed E-state index contributed by atoms with van der Waals surface area (Å²) in [5.41, 5.74) is 6.65. The summed E-state index contributed by atoms with van der Waals surface area (Å²) < 4.78 is 31.2. The smallest absolute Gasteiger partial charge is 0.170 e. The van der Waals surface area contributed by atoms with E-state index in [0.717, 1.165) is 38.5 Å². The molecule has 21 heavy (non-hydrogen) atoms. The van der Waals surface area contributed by atoms with E-state index in [1.165, 1.54) is 13.2 Å². The van der Waals surface area contributed by atoms with Gasteiger partial charge in [-0.15, -0.1) is 0 Å². The molecule has 0 amide bonds. The van der Waals surface area contributed by atoms with E-state index in [0.29, 0.717) is 30.3 Å². The first-order chi connectivity index (χ1) is 10.2. The summed E-state index contributed by atoms with van der Waals surface area (Å²) in [5, 5.41) is 0. The number of fused-ring (bicyclic) bond motifs is 1. The number of rotatable bonds is 2. The Morgan fingerprint density at radius 2 is 1.86 bits per heavy atom. The van der Waals surface area contributed by atoms with Gasteiger partial charge >= 0.3 is 0 Å². The first-order valence-electron chi connectivity index (χ1n) is 7.61. The third kappa shape index (κ3) is 2.55. The van der Waals surface area contributed by atoms with Crippen molar-refractivity contribution in [3.8, 4) is 17.2 Å². The lowest BCUT2D eigenvalue weighted by molar-refractivity contribution is 0.258. The molecule has 0 saturated heterocycles. The van der Waals surface area contributed by atoms with Crippen LogP contribution in [0.1, 0.15) is 44.1 Å². The minimum absolute atomic E-state index is 0.198. The summed E-state index contributed by atoms with van der Waals surface area (Å²) in [5.74, 6) is 0.766. The Morgan fingerprint density at radius 1 is 1.14 bits per heavy atom. The second-order valence-corrected chi connectivity index (χ2v) is 5.86. The fourth-order valence-corrected chi connectivity index (χ4v) is 3.34. The van der Waals surface area contributed by atoms with Gasteiger partial charge in [-0.25, -0.2) is 4.39 Å². The van der Waals surface area contributed by atoms with Crippen LogP contribution in [0.5, 0.6) is 17.2 Å². The van der Waals surface area contributed by atoms with Crippen molar-refractivity contribution >= 4 is 0 Å². The first kappa shape index (κ1) is 14.4. The van der Waals surface area contributed by atoms with Crippen LogP contribution in [0.4, 0.5) is 4.39 Å².